The molecule has 0 unspecified atom stereocenters. The molecule has 5 nitrogen and oxygen atoms in total. The summed E-state index contributed by atoms with van der Waals surface area (Å²) in [5.74, 6) is 0.603. The van der Waals surface area contributed by atoms with Crippen LogP contribution in [0.15, 0.2) is 23.1 Å². The lowest BCUT2D eigenvalue weighted by molar-refractivity contribution is -0.119. The molecular weight excluding hydrogens is 332 g/mol. The third-order valence-corrected chi connectivity index (χ3v) is 4.71. The molecule has 0 bridgehead atoms. The summed E-state index contributed by atoms with van der Waals surface area (Å²) in [4.78, 5) is 26.4. The van der Waals surface area contributed by atoms with Gasteiger partial charge < -0.3 is 15.0 Å². The molecule has 2 aliphatic rings. The molecule has 0 radical (unpaired) electrons. The monoisotopic (exact) mass is 348 g/mol. The fourth-order valence-corrected chi connectivity index (χ4v) is 3.55. The highest BCUT2D eigenvalue weighted by atomic mass is 32.2. The van der Waals surface area contributed by atoms with Crippen molar-refractivity contribution in [2.75, 3.05) is 18.1 Å². The zero-order valence-electron chi connectivity index (χ0n) is 12.6. The second-order valence-electron chi connectivity index (χ2n) is 5.22. The van der Waals surface area contributed by atoms with Crippen LogP contribution in [0.25, 0.3) is 6.08 Å². The van der Waals surface area contributed by atoms with Gasteiger partial charge in [0, 0.05) is 6.42 Å². The Hall–Kier alpha value is -1.86. The summed E-state index contributed by atoms with van der Waals surface area (Å²) in [6, 6.07) is 5.59. The summed E-state index contributed by atoms with van der Waals surface area (Å²) in [5.41, 5.74) is 1.60. The number of ether oxygens (including phenoxy) is 1. The summed E-state index contributed by atoms with van der Waals surface area (Å²) in [5, 5.41) is 2.59. The highest BCUT2D eigenvalue weighted by Gasteiger charge is 2.25. The Kier molecular flexibility index (Phi) is 4.68. The van der Waals surface area contributed by atoms with Crippen LogP contribution in [0.3, 0.4) is 0 Å². The van der Waals surface area contributed by atoms with E-state index in [1.54, 1.807) is 11.0 Å². The van der Waals surface area contributed by atoms with Crippen molar-refractivity contribution in [3.8, 4) is 5.75 Å². The van der Waals surface area contributed by atoms with Crippen LogP contribution in [0.1, 0.15) is 25.3 Å². The van der Waals surface area contributed by atoms with Crippen LogP contribution in [0, 0.1) is 0 Å². The first-order valence-corrected chi connectivity index (χ1v) is 8.63. The van der Waals surface area contributed by atoms with E-state index in [2.05, 4.69) is 5.32 Å². The second kappa shape index (κ2) is 6.72. The van der Waals surface area contributed by atoms with Crippen LogP contribution >= 0.6 is 24.0 Å². The SMILES string of the molecule is CCCC(=O)N1CCOc2ccc(/C=C3\SC(=S)NC3=O)cc21. The minimum Gasteiger partial charge on any atom is -0.490 e. The molecule has 0 aliphatic carbocycles. The van der Waals surface area contributed by atoms with Crippen LogP contribution in [0.4, 0.5) is 5.69 Å². The third-order valence-electron chi connectivity index (χ3n) is 3.55. The minimum atomic E-state index is -0.187. The Morgan fingerprint density at radius 2 is 2.35 bits per heavy atom. The minimum absolute atomic E-state index is 0.0935. The maximum atomic E-state index is 12.3. The molecule has 2 aliphatic heterocycles. The van der Waals surface area contributed by atoms with Crippen LogP contribution in [-0.4, -0.2) is 29.3 Å². The number of carbonyl (C=O) groups is 2. The van der Waals surface area contributed by atoms with E-state index in [1.165, 1.54) is 11.8 Å². The highest BCUT2D eigenvalue weighted by molar-refractivity contribution is 8.26. The number of carbonyl (C=O) groups excluding carboxylic acids is 2. The molecule has 2 heterocycles. The van der Waals surface area contributed by atoms with Gasteiger partial charge in [0.05, 0.1) is 17.1 Å². The fraction of sp³-hybridized carbons (Fsp3) is 0.312. The van der Waals surface area contributed by atoms with Gasteiger partial charge in [0.1, 0.15) is 16.7 Å². The van der Waals surface area contributed by atoms with E-state index in [4.69, 9.17) is 17.0 Å². The number of thiocarbonyl (C=S) groups is 1. The van der Waals surface area contributed by atoms with Gasteiger partial charge in [-0.1, -0.05) is 37.0 Å². The molecule has 0 saturated carbocycles. The van der Waals surface area contributed by atoms with E-state index in [0.717, 1.165) is 17.7 Å². The van der Waals surface area contributed by atoms with Crippen molar-refractivity contribution in [2.24, 2.45) is 0 Å². The summed E-state index contributed by atoms with van der Waals surface area (Å²) in [7, 11) is 0. The number of benzene rings is 1. The van der Waals surface area contributed by atoms with Crippen LogP contribution < -0.4 is 15.0 Å². The molecule has 0 atom stereocenters. The summed E-state index contributed by atoms with van der Waals surface area (Å²) in [6.45, 7) is 3.03. The van der Waals surface area contributed by atoms with Crippen molar-refractivity contribution < 1.29 is 14.3 Å². The van der Waals surface area contributed by atoms with E-state index in [0.29, 0.717) is 34.5 Å². The van der Waals surface area contributed by atoms with Crippen molar-refractivity contribution in [1.82, 2.24) is 5.32 Å². The number of fused-ring (bicyclic) bond motifs is 1. The van der Waals surface area contributed by atoms with E-state index in [-0.39, 0.29) is 11.8 Å². The van der Waals surface area contributed by atoms with E-state index in [9.17, 15) is 9.59 Å². The molecule has 1 fully saturated rings. The molecule has 7 heteroatoms. The standard InChI is InChI=1S/C16H16N2O3S2/c1-2-3-14(19)18-6-7-21-12-5-4-10(8-11(12)18)9-13-15(20)17-16(22)23-13/h4-5,8-9H,2-3,6-7H2,1H3,(H,17,20,22)/b13-9-. The number of nitrogens with one attached hydrogen (secondary N) is 1. The summed E-state index contributed by atoms with van der Waals surface area (Å²) in [6.07, 6.45) is 3.09. The Labute approximate surface area is 144 Å². The quantitative estimate of drug-likeness (QED) is 0.672. The number of hydrogen-bond acceptors (Lipinski definition) is 5. The van der Waals surface area contributed by atoms with Crippen LogP contribution in [0.5, 0.6) is 5.75 Å². The average molecular weight is 348 g/mol. The van der Waals surface area contributed by atoms with Crippen LogP contribution in [-0.2, 0) is 9.59 Å². The smallest absolute Gasteiger partial charge is 0.263 e. The molecular formula is C16H16N2O3S2. The molecule has 23 heavy (non-hydrogen) atoms. The van der Waals surface area contributed by atoms with Gasteiger partial charge in [-0.05, 0) is 30.2 Å². The van der Waals surface area contributed by atoms with Gasteiger partial charge in [0.25, 0.3) is 5.91 Å². The normalized spacial score (nSPS) is 18.7. The van der Waals surface area contributed by atoms with Gasteiger partial charge in [0.15, 0.2) is 0 Å². The molecule has 1 saturated heterocycles. The van der Waals surface area contributed by atoms with E-state index in [1.807, 2.05) is 25.1 Å². The Bertz CT molecular complexity index is 715. The van der Waals surface area contributed by atoms with Crippen LogP contribution in [0.2, 0.25) is 0 Å². The van der Waals surface area contributed by atoms with Gasteiger partial charge >= 0.3 is 0 Å². The first-order valence-electron chi connectivity index (χ1n) is 7.40. The maximum Gasteiger partial charge on any atom is 0.263 e. The fourth-order valence-electron chi connectivity index (χ4n) is 2.50. The Morgan fingerprint density at radius 1 is 1.52 bits per heavy atom. The van der Waals surface area contributed by atoms with Gasteiger partial charge in [0.2, 0.25) is 5.91 Å². The predicted octanol–water partition coefficient (Wildman–Crippen LogP) is 2.70. The molecule has 1 aromatic rings. The van der Waals surface area contributed by atoms with Crippen molar-refractivity contribution >= 4 is 51.9 Å². The lowest BCUT2D eigenvalue weighted by atomic mass is 10.1. The van der Waals surface area contributed by atoms with Crippen molar-refractivity contribution in [3.05, 3.63) is 28.7 Å². The number of amides is 2. The molecule has 1 N–H and O–H groups in total. The summed E-state index contributed by atoms with van der Waals surface area (Å²) < 4.78 is 6.09. The number of nitrogens with zero attached hydrogens (tertiary/aromatic N) is 1. The number of thioether (sulfide) groups is 1. The molecule has 3 rings (SSSR count). The number of anilines is 1. The van der Waals surface area contributed by atoms with Crippen molar-refractivity contribution in [3.63, 3.8) is 0 Å². The Morgan fingerprint density at radius 3 is 3.04 bits per heavy atom. The third kappa shape index (κ3) is 3.40. The zero-order valence-corrected chi connectivity index (χ0v) is 14.3. The largest absolute Gasteiger partial charge is 0.490 e. The molecule has 0 spiro atoms. The van der Waals surface area contributed by atoms with Gasteiger partial charge in [-0.15, -0.1) is 0 Å². The van der Waals surface area contributed by atoms with E-state index >= 15 is 0 Å². The molecule has 120 valence electrons. The molecule has 1 aromatic carbocycles. The topological polar surface area (TPSA) is 58.6 Å². The van der Waals surface area contributed by atoms with Crippen molar-refractivity contribution in [1.29, 1.82) is 0 Å². The predicted molar refractivity (Wildman–Crippen MR) is 95.5 cm³/mol. The van der Waals surface area contributed by atoms with Crippen molar-refractivity contribution in [2.45, 2.75) is 19.8 Å². The second-order valence-corrected chi connectivity index (χ2v) is 6.94. The Balaban J connectivity index is 1.92. The van der Waals surface area contributed by atoms with Gasteiger partial charge in [-0.2, -0.15) is 0 Å². The number of rotatable bonds is 3. The summed E-state index contributed by atoms with van der Waals surface area (Å²) >= 11 is 6.23. The van der Waals surface area contributed by atoms with Gasteiger partial charge in [-0.25, -0.2) is 0 Å². The zero-order chi connectivity index (χ0) is 16.4. The highest BCUT2D eigenvalue weighted by Crippen LogP contribution is 2.34. The lowest BCUT2D eigenvalue weighted by Gasteiger charge is -2.29. The van der Waals surface area contributed by atoms with Gasteiger partial charge in [-0.3, -0.25) is 9.59 Å². The first-order chi connectivity index (χ1) is 11.1. The maximum absolute atomic E-state index is 12.3. The molecule has 2 amide bonds. The first kappa shape index (κ1) is 16.0. The lowest BCUT2D eigenvalue weighted by Crippen LogP contribution is -2.37. The molecule has 0 aromatic heterocycles. The number of hydrogen-bond donors (Lipinski definition) is 1. The van der Waals surface area contributed by atoms with E-state index < -0.39 is 0 Å². The average Bonchev–Trinajstić information content (AvgIpc) is 2.84.